The van der Waals surface area contributed by atoms with Crippen LogP contribution < -0.4 is 15.6 Å². The second-order valence-electron chi connectivity index (χ2n) is 7.24. The van der Waals surface area contributed by atoms with Gasteiger partial charge in [0.15, 0.2) is 5.16 Å². The molecule has 0 spiro atoms. The van der Waals surface area contributed by atoms with Gasteiger partial charge < -0.3 is 19.8 Å². The summed E-state index contributed by atoms with van der Waals surface area (Å²) < 4.78 is 12.0. The first-order valence-electron chi connectivity index (χ1n) is 10.1. The number of aromatic amines is 1. The predicted octanol–water partition coefficient (Wildman–Crippen LogP) is 3.04. The van der Waals surface area contributed by atoms with E-state index in [1.165, 1.54) is 16.3 Å². The first-order chi connectivity index (χ1) is 15.5. The quantitative estimate of drug-likeness (QED) is 0.242. The number of aromatic nitrogens is 3. The minimum absolute atomic E-state index is 0.109. The Kier molecular flexibility index (Phi) is 6.48. The second kappa shape index (κ2) is 9.46. The highest BCUT2D eigenvalue weighted by atomic mass is 32.2. The third-order valence-electron chi connectivity index (χ3n) is 5.03. The average Bonchev–Trinajstić information content (AvgIpc) is 3.17. The third kappa shape index (κ3) is 4.21. The number of nitrogens with zero attached hydrogens (tertiary/aromatic N) is 2. The van der Waals surface area contributed by atoms with Gasteiger partial charge in [0.25, 0.3) is 5.56 Å². The molecule has 0 saturated carbocycles. The second-order valence-corrected chi connectivity index (χ2v) is 8.18. The molecule has 4 aromatic rings. The molecule has 0 atom stereocenters. The number of aryl methyl sites for hydroxylation is 1. The van der Waals surface area contributed by atoms with Crippen LogP contribution in [0.4, 0.5) is 0 Å². The third-order valence-corrected chi connectivity index (χ3v) is 5.97. The maximum absolute atomic E-state index is 13.7. The van der Waals surface area contributed by atoms with Crippen LogP contribution in [0.3, 0.4) is 0 Å². The van der Waals surface area contributed by atoms with Crippen molar-refractivity contribution in [2.45, 2.75) is 12.1 Å². The SMILES string of the molecule is COCCNC(=O)CSc1nc2c([nH]c3ccccc32)c(=O)n1-c1cc(C)ccc1OC. The number of carbonyl (C=O) groups excluding carboxylic acids is 1. The van der Waals surface area contributed by atoms with E-state index in [1.807, 2.05) is 49.4 Å². The average molecular weight is 453 g/mol. The molecule has 2 N–H and O–H groups in total. The maximum Gasteiger partial charge on any atom is 0.283 e. The number of hydrogen-bond acceptors (Lipinski definition) is 6. The fourth-order valence-corrected chi connectivity index (χ4v) is 4.33. The normalized spacial score (nSPS) is 11.2. The minimum atomic E-state index is -0.252. The van der Waals surface area contributed by atoms with Crippen molar-refractivity contribution < 1.29 is 14.3 Å². The summed E-state index contributed by atoms with van der Waals surface area (Å²) in [5.41, 5.74) is 3.11. The molecule has 2 heterocycles. The number of amides is 1. The van der Waals surface area contributed by atoms with E-state index in [0.29, 0.717) is 40.8 Å². The largest absolute Gasteiger partial charge is 0.495 e. The predicted molar refractivity (Wildman–Crippen MR) is 126 cm³/mol. The summed E-state index contributed by atoms with van der Waals surface area (Å²) in [5.74, 6) is 0.488. The van der Waals surface area contributed by atoms with Gasteiger partial charge in [-0.15, -0.1) is 0 Å². The molecule has 166 valence electrons. The summed E-state index contributed by atoms with van der Waals surface area (Å²) in [5, 5.41) is 4.06. The first-order valence-corrected chi connectivity index (χ1v) is 11.1. The van der Waals surface area contributed by atoms with E-state index in [-0.39, 0.29) is 17.2 Å². The molecule has 9 heteroatoms. The Labute approximate surface area is 188 Å². The molecule has 4 rings (SSSR count). The van der Waals surface area contributed by atoms with E-state index in [1.54, 1.807) is 14.2 Å². The van der Waals surface area contributed by atoms with Crippen LogP contribution in [0.15, 0.2) is 52.4 Å². The van der Waals surface area contributed by atoms with Crippen molar-refractivity contribution in [3.63, 3.8) is 0 Å². The van der Waals surface area contributed by atoms with Crippen LogP contribution in [0.1, 0.15) is 5.56 Å². The number of ether oxygens (including phenoxy) is 2. The highest BCUT2D eigenvalue weighted by Crippen LogP contribution is 2.30. The summed E-state index contributed by atoms with van der Waals surface area (Å²) in [7, 11) is 3.14. The van der Waals surface area contributed by atoms with Gasteiger partial charge in [0.1, 0.15) is 16.8 Å². The van der Waals surface area contributed by atoms with Gasteiger partial charge in [-0.05, 0) is 30.7 Å². The van der Waals surface area contributed by atoms with Gasteiger partial charge in [-0.1, -0.05) is 36.0 Å². The zero-order chi connectivity index (χ0) is 22.7. The van der Waals surface area contributed by atoms with E-state index >= 15 is 0 Å². The number of nitrogens with one attached hydrogen (secondary N) is 2. The number of para-hydroxylation sites is 1. The Bertz CT molecular complexity index is 1350. The summed E-state index contributed by atoms with van der Waals surface area (Å²) in [4.78, 5) is 34.0. The standard InChI is InChI=1S/C23H24N4O4S/c1-14-8-9-18(31-3)17(12-14)27-22(29)21-20(15-6-4-5-7-16(15)25-21)26-23(27)32-13-19(28)24-10-11-30-2/h4-9,12,25H,10-11,13H2,1-3H3,(H,24,28). The van der Waals surface area contributed by atoms with E-state index < -0.39 is 0 Å². The lowest BCUT2D eigenvalue weighted by Gasteiger charge is -2.15. The first kappa shape index (κ1) is 21.9. The zero-order valence-electron chi connectivity index (χ0n) is 18.1. The van der Waals surface area contributed by atoms with Gasteiger partial charge in [-0.2, -0.15) is 0 Å². The summed E-state index contributed by atoms with van der Waals surface area (Å²) in [6.45, 7) is 2.80. The number of benzene rings is 2. The molecule has 0 fully saturated rings. The smallest absolute Gasteiger partial charge is 0.283 e. The van der Waals surface area contributed by atoms with Gasteiger partial charge in [-0.3, -0.25) is 9.59 Å². The molecule has 2 aromatic carbocycles. The number of H-pyrrole nitrogens is 1. The van der Waals surface area contributed by atoms with Gasteiger partial charge in [-0.25, -0.2) is 9.55 Å². The number of rotatable bonds is 8. The monoisotopic (exact) mass is 452 g/mol. The lowest BCUT2D eigenvalue weighted by atomic mass is 10.2. The van der Waals surface area contributed by atoms with Crippen molar-refractivity contribution in [2.75, 3.05) is 33.1 Å². The van der Waals surface area contributed by atoms with Crippen molar-refractivity contribution in [3.05, 3.63) is 58.4 Å². The minimum Gasteiger partial charge on any atom is -0.495 e. The van der Waals surface area contributed by atoms with Crippen molar-refractivity contribution in [1.82, 2.24) is 19.9 Å². The van der Waals surface area contributed by atoms with E-state index in [9.17, 15) is 9.59 Å². The van der Waals surface area contributed by atoms with Crippen molar-refractivity contribution in [2.24, 2.45) is 0 Å². The molecule has 32 heavy (non-hydrogen) atoms. The number of fused-ring (bicyclic) bond motifs is 3. The molecule has 1 amide bonds. The van der Waals surface area contributed by atoms with Gasteiger partial charge in [0.05, 0.1) is 25.2 Å². The Morgan fingerprint density at radius 2 is 2.03 bits per heavy atom. The molecule has 0 saturated heterocycles. The van der Waals surface area contributed by atoms with E-state index in [0.717, 1.165) is 16.5 Å². The lowest BCUT2D eigenvalue weighted by molar-refractivity contribution is -0.118. The van der Waals surface area contributed by atoms with Crippen molar-refractivity contribution in [1.29, 1.82) is 0 Å². The van der Waals surface area contributed by atoms with E-state index in [2.05, 4.69) is 10.3 Å². The summed E-state index contributed by atoms with van der Waals surface area (Å²) in [6, 6.07) is 13.2. The van der Waals surface area contributed by atoms with Crippen LogP contribution in [-0.4, -0.2) is 53.6 Å². The Balaban J connectivity index is 1.87. The van der Waals surface area contributed by atoms with Crippen LogP contribution in [0.5, 0.6) is 5.75 Å². The fraction of sp³-hybridized carbons (Fsp3) is 0.261. The topological polar surface area (TPSA) is 98.2 Å². The maximum atomic E-state index is 13.7. The highest BCUT2D eigenvalue weighted by Gasteiger charge is 2.20. The van der Waals surface area contributed by atoms with E-state index in [4.69, 9.17) is 14.5 Å². The summed E-state index contributed by atoms with van der Waals surface area (Å²) >= 11 is 1.20. The Morgan fingerprint density at radius 1 is 1.22 bits per heavy atom. The Hall–Kier alpha value is -3.30. The molecule has 8 nitrogen and oxygen atoms in total. The molecule has 0 bridgehead atoms. The van der Waals surface area contributed by atoms with Crippen molar-refractivity contribution in [3.8, 4) is 11.4 Å². The number of methoxy groups -OCH3 is 2. The zero-order valence-corrected chi connectivity index (χ0v) is 18.9. The molecule has 0 unspecified atom stereocenters. The van der Waals surface area contributed by atoms with Gasteiger partial charge in [0.2, 0.25) is 5.91 Å². The van der Waals surface area contributed by atoms with Gasteiger partial charge in [0, 0.05) is 24.6 Å². The van der Waals surface area contributed by atoms with Crippen LogP contribution in [0.2, 0.25) is 0 Å². The molecule has 2 aromatic heterocycles. The molecule has 0 aliphatic rings. The number of carbonyl (C=O) groups is 1. The van der Waals surface area contributed by atoms with Crippen LogP contribution >= 0.6 is 11.8 Å². The molecule has 0 aliphatic carbocycles. The fourth-order valence-electron chi connectivity index (χ4n) is 3.50. The molecule has 0 radical (unpaired) electrons. The van der Waals surface area contributed by atoms with Crippen LogP contribution in [-0.2, 0) is 9.53 Å². The van der Waals surface area contributed by atoms with Crippen LogP contribution in [0, 0.1) is 6.92 Å². The highest BCUT2D eigenvalue weighted by molar-refractivity contribution is 7.99. The number of thioether (sulfide) groups is 1. The number of hydrogen-bond donors (Lipinski definition) is 2. The van der Waals surface area contributed by atoms with Gasteiger partial charge >= 0.3 is 0 Å². The Morgan fingerprint density at radius 3 is 2.81 bits per heavy atom. The van der Waals surface area contributed by atoms with Crippen LogP contribution in [0.25, 0.3) is 27.6 Å². The lowest BCUT2D eigenvalue weighted by Crippen LogP contribution is -2.29. The molecular weight excluding hydrogens is 428 g/mol. The van der Waals surface area contributed by atoms with Crippen molar-refractivity contribution >= 4 is 39.6 Å². The summed E-state index contributed by atoms with van der Waals surface area (Å²) in [6.07, 6.45) is 0. The molecule has 0 aliphatic heterocycles. The molecular formula is C23H24N4O4S.